The fourth-order valence-electron chi connectivity index (χ4n) is 2.69. The number of esters is 1. The molecule has 1 fully saturated rings. The Morgan fingerprint density at radius 1 is 1.30 bits per heavy atom. The van der Waals surface area contributed by atoms with Crippen molar-refractivity contribution in [1.82, 2.24) is 0 Å². The van der Waals surface area contributed by atoms with Gasteiger partial charge in [0.05, 0.1) is 26.2 Å². The Morgan fingerprint density at radius 3 is 2.61 bits per heavy atom. The zero-order valence-corrected chi connectivity index (χ0v) is 14.6. The number of ether oxygens (including phenoxy) is 3. The number of carbonyl (C=O) groups excluding carboxylic acids is 1. The molecule has 5 nitrogen and oxygen atoms in total. The van der Waals surface area contributed by atoms with E-state index in [2.05, 4.69) is 4.74 Å². The fourth-order valence-corrected chi connectivity index (χ4v) is 2.69. The molecule has 0 aliphatic heterocycles. The van der Waals surface area contributed by atoms with Gasteiger partial charge in [0.2, 0.25) is 0 Å². The van der Waals surface area contributed by atoms with Crippen molar-refractivity contribution in [2.24, 2.45) is 5.73 Å². The summed E-state index contributed by atoms with van der Waals surface area (Å²) in [6.07, 6.45) is 5.04. The van der Waals surface area contributed by atoms with Crippen molar-refractivity contribution in [1.29, 1.82) is 0 Å². The molecule has 1 aliphatic carbocycles. The van der Waals surface area contributed by atoms with Gasteiger partial charge < -0.3 is 19.9 Å². The molecule has 23 heavy (non-hydrogen) atoms. The summed E-state index contributed by atoms with van der Waals surface area (Å²) >= 11 is 0. The predicted molar refractivity (Wildman–Crippen MR) is 91.3 cm³/mol. The maximum atomic E-state index is 11.3. The van der Waals surface area contributed by atoms with Crippen LogP contribution in [0.2, 0.25) is 0 Å². The highest BCUT2D eigenvalue weighted by molar-refractivity contribution is 5.85. The predicted octanol–water partition coefficient (Wildman–Crippen LogP) is 3.39. The molecule has 2 N–H and O–H groups in total. The lowest BCUT2D eigenvalue weighted by atomic mass is 10.0. The maximum absolute atomic E-state index is 11.3. The van der Waals surface area contributed by atoms with Gasteiger partial charge in [0.1, 0.15) is 0 Å². The van der Waals surface area contributed by atoms with Crippen molar-refractivity contribution in [2.75, 3.05) is 13.7 Å². The molecule has 0 amide bonds. The third kappa shape index (κ3) is 5.59. The first-order valence-corrected chi connectivity index (χ1v) is 7.89. The van der Waals surface area contributed by atoms with E-state index in [1.807, 2.05) is 25.1 Å². The van der Waals surface area contributed by atoms with Gasteiger partial charge in [0.15, 0.2) is 11.5 Å². The van der Waals surface area contributed by atoms with Crippen molar-refractivity contribution in [3.8, 4) is 11.5 Å². The average molecular weight is 344 g/mol. The van der Waals surface area contributed by atoms with E-state index >= 15 is 0 Å². The second-order valence-corrected chi connectivity index (χ2v) is 5.55. The van der Waals surface area contributed by atoms with Gasteiger partial charge in [-0.3, -0.25) is 4.79 Å². The van der Waals surface area contributed by atoms with Gasteiger partial charge in [-0.2, -0.15) is 0 Å². The third-order valence-electron chi connectivity index (χ3n) is 3.91. The van der Waals surface area contributed by atoms with Crippen LogP contribution in [0.3, 0.4) is 0 Å². The lowest BCUT2D eigenvalue weighted by Gasteiger charge is -2.19. The number of benzene rings is 1. The monoisotopic (exact) mass is 343 g/mol. The zero-order chi connectivity index (χ0) is 15.9. The van der Waals surface area contributed by atoms with Crippen molar-refractivity contribution in [3.05, 3.63) is 23.8 Å². The molecule has 130 valence electrons. The topological polar surface area (TPSA) is 70.8 Å². The van der Waals surface area contributed by atoms with Crippen LogP contribution < -0.4 is 15.2 Å². The zero-order valence-electron chi connectivity index (χ0n) is 13.7. The molecule has 1 aliphatic rings. The van der Waals surface area contributed by atoms with Gasteiger partial charge in [-0.1, -0.05) is 6.07 Å². The van der Waals surface area contributed by atoms with Gasteiger partial charge in [-0.15, -0.1) is 12.4 Å². The van der Waals surface area contributed by atoms with Gasteiger partial charge in [0.25, 0.3) is 0 Å². The van der Waals surface area contributed by atoms with Crippen LogP contribution in [0.4, 0.5) is 0 Å². The molecule has 0 heterocycles. The smallest absolute Gasteiger partial charge is 0.307 e. The summed E-state index contributed by atoms with van der Waals surface area (Å²) < 4.78 is 16.4. The second kappa shape index (κ2) is 9.63. The normalized spacial score (nSPS) is 15.6. The summed E-state index contributed by atoms with van der Waals surface area (Å²) in [7, 11) is 1.36. The Labute approximate surface area is 143 Å². The minimum atomic E-state index is -0.410. The first-order valence-electron chi connectivity index (χ1n) is 7.89. The first-order chi connectivity index (χ1) is 10.6. The largest absolute Gasteiger partial charge is 0.490 e. The third-order valence-corrected chi connectivity index (χ3v) is 3.91. The summed E-state index contributed by atoms with van der Waals surface area (Å²) in [6.45, 7) is 2.48. The molecule has 6 heteroatoms. The quantitative estimate of drug-likeness (QED) is 0.768. The van der Waals surface area contributed by atoms with Crippen LogP contribution in [0, 0.1) is 0 Å². The number of rotatable bonds is 7. The van der Waals surface area contributed by atoms with Crippen molar-refractivity contribution in [3.63, 3.8) is 0 Å². The standard InChI is InChI=1S/C17H25NO4.ClH/c1-3-21-16-10-12(14(18)11-17(19)20-2)8-9-15(16)22-13-6-4-5-7-13;/h8-10,13-14H,3-7,11,18H2,1-2H3;1H. The van der Waals surface area contributed by atoms with Crippen molar-refractivity contribution < 1.29 is 19.0 Å². The van der Waals surface area contributed by atoms with E-state index in [1.165, 1.54) is 20.0 Å². The van der Waals surface area contributed by atoms with Crippen LogP contribution in [-0.2, 0) is 9.53 Å². The summed E-state index contributed by atoms with van der Waals surface area (Å²) in [5.74, 6) is 1.12. The highest BCUT2D eigenvalue weighted by Crippen LogP contribution is 2.34. The Kier molecular flexibility index (Phi) is 8.20. The fraction of sp³-hybridized carbons (Fsp3) is 0.588. The Morgan fingerprint density at radius 2 is 2.00 bits per heavy atom. The summed E-state index contributed by atoms with van der Waals surface area (Å²) in [5, 5.41) is 0. The highest BCUT2D eigenvalue weighted by atomic mass is 35.5. The number of nitrogens with two attached hydrogens (primary N) is 1. The maximum Gasteiger partial charge on any atom is 0.307 e. The molecule has 1 aromatic rings. The number of hydrogen-bond acceptors (Lipinski definition) is 5. The second-order valence-electron chi connectivity index (χ2n) is 5.55. The molecular weight excluding hydrogens is 318 g/mol. The number of hydrogen-bond donors (Lipinski definition) is 1. The Balaban J connectivity index is 0.00000264. The van der Waals surface area contributed by atoms with E-state index in [0.717, 1.165) is 24.2 Å². The minimum Gasteiger partial charge on any atom is -0.490 e. The molecule has 2 rings (SSSR count). The molecule has 0 aromatic heterocycles. The summed E-state index contributed by atoms with van der Waals surface area (Å²) in [6, 6.07) is 5.23. The van der Waals surface area contributed by atoms with Gasteiger partial charge >= 0.3 is 5.97 Å². The molecule has 0 saturated heterocycles. The summed E-state index contributed by atoms with van der Waals surface area (Å²) in [5.41, 5.74) is 6.89. The van der Waals surface area contributed by atoms with Crippen molar-refractivity contribution >= 4 is 18.4 Å². The van der Waals surface area contributed by atoms with E-state index in [4.69, 9.17) is 15.2 Å². The van der Waals surface area contributed by atoms with E-state index in [0.29, 0.717) is 12.4 Å². The Hall–Kier alpha value is -1.46. The lowest BCUT2D eigenvalue weighted by molar-refractivity contribution is -0.141. The Bertz CT molecular complexity index is 503. The first kappa shape index (κ1) is 19.6. The molecule has 0 bridgehead atoms. The highest BCUT2D eigenvalue weighted by Gasteiger charge is 2.20. The van der Waals surface area contributed by atoms with Crippen LogP contribution in [-0.4, -0.2) is 25.8 Å². The number of methoxy groups -OCH3 is 1. The molecular formula is C17H26ClNO4. The van der Waals surface area contributed by atoms with Gasteiger partial charge in [-0.25, -0.2) is 0 Å². The summed E-state index contributed by atoms with van der Waals surface area (Å²) in [4.78, 5) is 11.3. The SMILES string of the molecule is CCOc1cc(C(N)CC(=O)OC)ccc1OC1CCCC1.Cl. The van der Waals surface area contributed by atoms with E-state index < -0.39 is 6.04 Å². The van der Waals surface area contributed by atoms with Crippen LogP contribution in [0.25, 0.3) is 0 Å². The van der Waals surface area contributed by atoms with E-state index in [-0.39, 0.29) is 30.9 Å². The molecule has 1 atom stereocenters. The van der Waals surface area contributed by atoms with Crippen LogP contribution in [0.5, 0.6) is 11.5 Å². The van der Waals surface area contributed by atoms with E-state index in [9.17, 15) is 4.79 Å². The lowest BCUT2D eigenvalue weighted by Crippen LogP contribution is -2.17. The molecule has 0 radical (unpaired) electrons. The van der Waals surface area contributed by atoms with Crippen LogP contribution in [0.1, 0.15) is 50.6 Å². The van der Waals surface area contributed by atoms with Crippen LogP contribution in [0.15, 0.2) is 18.2 Å². The van der Waals surface area contributed by atoms with E-state index in [1.54, 1.807) is 0 Å². The number of halogens is 1. The molecule has 1 aromatic carbocycles. The van der Waals surface area contributed by atoms with Gasteiger partial charge in [-0.05, 0) is 50.3 Å². The molecule has 1 unspecified atom stereocenters. The van der Waals surface area contributed by atoms with Crippen molar-refractivity contribution in [2.45, 2.75) is 51.2 Å². The average Bonchev–Trinajstić information content (AvgIpc) is 3.02. The van der Waals surface area contributed by atoms with Gasteiger partial charge in [0, 0.05) is 6.04 Å². The molecule has 1 saturated carbocycles. The number of carbonyl (C=O) groups is 1. The van der Waals surface area contributed by atoms with Crippen LogP contribution >= 0.6 is 12.4 Å². The molecule has 0 spiro atoms. The minimum absolute atomic E-state index is 0.